The molecular formula is C21H22FNO4. The first kappa shape index (κ1) is 20.2. The molecule has 2 aromatic rings. The van der Waals surface area contributed by atoms with Gasteiger partial charge in [0.15, 0.2) is 6.10 Å². The summed E-state index contributed by atoms with van der Waals surface area (Å²) in [4.78, 5) is 24.0. The number of benzene rings is 2. The van der Waals surface area contributed by atoms with Crippen LogP contribution in [-0.4, -0.2) is 24.6 Å². The number of para-hydroxylation sites is 1. The predicted molar refractivity (Wildman–Crippen MR) is 100 cm³/mol. The van der Waals surface area contributed by atoms with E-state index in [9.17, 15) is 14.0 Å². The smallest absolute Gasteiger partial charge is 0.331 e. The highest BCUT2D eigenvalue weighted by Gasteiger charge is 2.16. The Hall–Kier alpha value is -3.15. The van der Waals surface area contributed by atoms with Crippen LogP contribution in [0.1, 0.15) is 25.0 Å². The van der Waals surface area contributed by atoms with Crippen molar-refractivity contribution < 1.29 is 23.5 Å². The summed E-state index contributed by atoms with van der Waals surface area (Å²) < 4.78 is 23.4. The van der Waals surface area contributed by atoms with Gasteiger partial charge in [0, 0.05) is 18.2 Å². The lowest BCUT2D eigenvalue weighted by molar-refractivity contribution is -0.150. The molecule has 0 saturated heterocycles. The minimum absolute atomic E-state index is 0.221. The van der Waals surface area contributed by atoms with Crippen molar-refractivity contribution in [1.29, 1.82) is 0 Å². The molecule has 0 aliphatic heterocycles. The maximum atomic E-state index is 12.9. The van der Waals surface area contributed by atoms with E-state index in [1.165, 1.54) is 25.1 Å². The van der Waals surface area contributed by atoms with Crippen molar-refractivity contribution in [3.63, 3.8) is 0 Å². The second-order valence-corrected chi connectivity index (χ2v) is 5.73. The second kappa shape index (κ2) is 10.1. The number of halogens is 1. The molecule has 0 aromatic heterocycles. The van der Waals surface area contributed by atoms with E-state index in [1.807, 2.05) is 25.1 Å². The highest BCUT2D eigenvalue weighted by atomic mass is 19.1. The van der Waals surface area contributed by atoms with Gasteiger partial charge in [-0.15, -0.1) is 0 Å². The summed E-state index contributed by atoms with van der Waals surface area (Å²) in [5, 5.41) is 2.64. The summed E-state index contributed by atoms with van der Waals surface area (Å²) in [5.74, 6) is -0.749. The van der Waals surface area contributed by atoms with Crippen LogP contribution in [0, 0.1) is 5.82 Å². The Morgan fingerprint density at radius 2 is 1.85 bits per heavy atom. The lowest BCUT2D eigenvalue weighted by Crippen LogP contribution is -2.35. The number of hydrogen-bond donors (Lipinski definition) is 1. The molecule has 0 bridgehead atoms. The Morgan fingerprint density at radius 3 is 2.56 bits per heavy atom. The third-order valence-corrected chi connectivity index (χ3v) is 3.66. The average molecular weight is 371 g/mol. The molecule has 6 heteroatoms. The SMILES string of the molecule is CCOc1ccccc1/C=C/C(=O)O[C@@H](C)C(=O)NCc1ccc(F)cc1. The fourth-order valence-corrected chi connectivity index (χ4v) is 2.27. The van der Waals surface area contributed by atoms with E-state index in [1.54, 1.807) is 24.3 Å². The average Bonchev–Trinajstić information content (AvgIpc) is 2.66. The van der Waals surface area contributed by atoms with Gasteiger partial charge in [0.2, 0.25) is 0 Å². The summed E-state index contributed by atoms with van der Waals surface area (Å²) in [6.07, 6.45) is 1.88. The number of rotatable bonds is 8. The summed E-state index contributed by atoms with van der Waals surface area (Å²) >= 11 is 0. The minimum Gasteiger partial charge on any atom is -0.493 e. The quantitative estimate of drug-likeness (QED) is 0.570. The normalized spacial score (nSPS) is 11.8. The van der Waals surface area contributed by atoms with Gasteiger partial charge >= 0.3 is 5.97 Å². The van der Waals surface area contributed by atoms with Gasteiger partial charge in [0.05, 0.1) is 6.61 Å². The molecule has 1 atom stereocenters. The van der Waals surface area contributed by atoms with Gasteiger partial charge in [-0.2, -0.15) is 0 Å². The summed E-state index contributed by atoms with van der Waals surface area (Å²) in [7, 11) is 0. The number of carbonyl (C=O) groups is 2. The zero-order valence-corrected chi connectivity index (χ0v) is 15.3. The zero-order valence-electron chi connectivity index (χ0n) is 15.3. The largest absolute Gasteiger partial charge is 0.493 e. The van der Waals surface area contributed by atoms with Gasteiger partial charge in [0.1, 0.15) is 11.6 Å². The van der Waals surface area contributed by atoms with Crippen LogP contribution in [0.5, 0.6) is 5.75 Å². The van der Waals surface area contributed by atoms with Crippen molar-refractivity contribution in [2.75, 3.05) is 6.61 Å². The predicted octanol–water partition coefficient (Wildman–Crippen LogP) is 3.49. The highest BCUT2D eigenvalue weighted by molar-refractivity contribution is 5.90. The lowest BCUT2D eigenvalue weighted by atomic mass is 10.2. The maximum Gasteiger partial charge on any atom is 0.331 e. The fraction of sp³-hybridized carbons (Fsp3) is 0.238. The van der Waals surface area contributed by atoms with E-state index in [0.717, 1.165) is 11.1 Å². The maximum absolute atomic E-state index is 12.9. The molecule has 2 aromatic carbocycles. The highest BCUT2D eigenvalue weighted by Crippen LogP contribution is 2.19. The van der Waals surface area contributed by atoms with Gasteiger partial charge in [-0.05, 0) is 43.7 Å². The molecule has 142 valence electrons. The van der Waals surface area contributed by atoms with Crippen LogP contribution in [0.2, 0.25) is 0 Å². The molecular weight excluding hydrogens is 349 g/mol. The van der Waals surface area contributed by atoms with E-state index >= 15 is 0 Å². The van der Waals surface area contributed by atoms with Gasteiger partial charge in [-0.1, -0.05) is 30.3 Å². The number of esters is 1. The first-order valence-corrected chi connectivity index (χ1v) is 8.62. The Kier molecular flexibility index (Phi) is 7.55. The van der Waals surface area contributed by atoms with Crippen LogP contribution in [0.25, 0.3) is 6.08 Å². The first-order valence-electron chi connectivity index (χ1n) is 8.62. The molecule has 0 aliphatic carbocycles. The summed E-state index contributed by atoms with van der Waals surface area (Å²) in [5.41, 5.74) is 1.49. The molecule has 0 fully saturated rings. The molecule has 0 spiro atoms. The molecule has 0 heterocycles. The Labute approximate surface area is 157 Å². The standard InChI is InChI=1S/C21H22FNO4/c1-3-26-19-7-5-4-6-17(19)10-13-20(24)27-15(2)21(25)23-14-16-8-11-18(22)12-9-16/h4-13,15H,3,14H2,1-2H3,(H,23,25)/b13-10+/t15-/m0/s1. The molecule has 1 amide bonds. The minimum atomic E-state index is -0.954. The molecule has 0 aliphatic rings. The van der Waals surface area contributed by atoms with Crippen LogP contribution in [0.3, 0.4) is 0 Å². The van der Waals surface area contributed by atoms with E-state index in [-0.39, 0.29) is 12.4 Å². The van der Waals surface area contributed by atoms with Crippen molar-refractivity contribution in [3.8, 4) is 5.75 Å². The monoisotopic (exact) mass is 371 g/mol. The second-order valence-electron chi connectivity index (χ2n) is 5.73. The molecule has 0 radical (unpaired) electrons. The van der Waals surface area contributed by atoms with Crippen molar-refractivity contribution in [2.45, 2.75) is 26.5 Å². The lowest BCUT2D eigenvalue weighted by Gasteiger charge is -2.12. The van der Waals surface area contributed by atoms with Gasteiger partial charge in [-0.3, -0.25) is 4.79 Å². The van der Waals surface area contributed by atoms with Crippen molar-refractivity contribution in [1.82, 2.24) is 5.32 Å². The summed E-state index contributed by atoms with van der Waals surface area (Å²) in [6.45, 7) is 4.10. The molecule has 5 nitrogen and oxygen atoms in total. The van der Waals surface area contributed by atoms with E-state index in [0.29, 0.717) is 12.4 Å². The van der Waals surface area contributed by atoms with E-state index in [4.69, 9.17) is 9.47 Å². The Morgan fingerprint density at radius 1 is 1.15 bits per heavy atom. The van der Waals surface area contributed by atoms with Crippen molar-refractivity contribution in [3.05, 3.63) is 71.6 Å². The number of ether oxygens (including phenoxy) is 2. The number of carbonyl (C=O) groups excluding carboxylic acids is 2. The van der Waals surface area contributed by atoms with Crippen LogP contribution >= 0.6 is 0 Å². The molecule has 2 rings (SSSR count). The first-order chi connectivity index (χ1) is 13.0. The zero-order chi connectivity index (χ0) is 19.6. The fourth-order valence-electron chi connectivity index (χ4n) is 2.27. The number of amides is 1. The van der Waals surface area contributed by atoms with Crippen LogP contribution in [0.4, 0.5) is 4.39 Å². The third kappa shape index (κ3) is 6.58. The molecule has 27 heavy (non-hydrogen) atoms. The topological polar surface area (TPSA) is 64.6 Å². The number of nitrogens with one attached hydrogen (secondary N) is 1. The third-order valence-electron chi connectivity index (χ3n) is 3.66. The molecule has 1 N–H and O–H groups in total. The number of hydrogen-bond acceptors (Lipinski definition) is 4. The molecule has 0 saturated carbocycles. The van der Waals surface area contributed by atoms with Crippen LogP contribution < -0.4 is 10.1 Å². The summed E-state index contributed by atoms with van der Waals surface area (Å²) in [6, 6.07) is 13.1. The van der Waals surface area contributed by atoms with E-state index < -0.39 is 18.0 Å². The van der Waals surface area contributed by atoms with Crippen molar-refractivity contribution in [2.24, 2.45) is 0 Å². The van der Waals surface area contributed by atoms with Crippen LogP contribution in [0.15, 0.2) is 54.6 Å². The van der Waals surface area contributed by atoms with Gasteiger partial charge < -0.3 is 14.8 Å². The molecule has 0 unspecified atom stereocenters. The van der Waals surface area contributed by atoms with Crippen molar-refractivity contribution >= 4 is 18.0 Å². The van der Waals surface area contributed by atoms with Gasteiger partial charge in [-0.25, -0.2) is 9.18 Å². The van der Waals surface area contributed by atoms with Gasteiger partial charge in [0.25, 0.3) is 5.91 Å². The van der Waals surface area contributed by atoms with E-state index in [2.05, 4.69) is 5.32 Å². The Balaban J connectivity index is 1.85. The Bertz CT molecular complexity index is 802. The van der Waals surface area contributed by atoms with Crippen LogP contribution in [-0.2, 0) is 20.9 Å².